The smallest absolute Gasteiger partial charge is 0.184 e. The van der Waals surface area contributed by atoms with E-state index in [-0.39, 0.29) is 6.10 Å². The highest BCUT2D eigenvalue weighted by Gasteiger charge is 2.43. The van der Waals surface area contributed by atoms with Crippen LogP contribution in [0.1, 0.15) is 11.9 Å². The summed E-state index contributed by atoms with van der Waals surface area (Å²) < 4.78 is 16.9. The lowest BCUT2D eigenvalue weighted by Crippen LogP contribution is -2.60. The molecule has 98 valence electrons. The molecule has 18 heavy (non-hydrogen) atoms. The molecule has 0 aromatic heterocycles. The van der Waals surface area contributed by atoms with Crippen molar-refractivity contribution in [1.29, 1.82) is 0 Å². The first-order valence-corrected chi connectivity index (χ1v) is 6.13. The molecule has 2 heterocycles. The van der Waals surface area contributed by atoms with E-state index < -0.39 is 24.5 Å². The average molecular weight is 251 g/mol. The van der Waals surface area contributed by atoms with Gasteiger partial charge in [0.15, 0.2) is 6.29 Å². The predicted octanol–water partition coefficient (Wildman–Crippen LogP) is 0.188. The van der Waals surface area contributed by atoms with E-state index in [1.807, 2.05) is 30.3 Å². The molecule has 0 aliphatic carbocycles. The largest absolute Gasteiger partial charge is 0.389 e. The Hall–Kier alpha value is -0.980. The molecule has 0 bridgehead atoms. The summed E-state index contributed by atoms with van der Waals surface area (Å²) in [6, 6.07) is 9.24. The van der Waals surface area contributed by atoms with Crippen LogP contribution in [0.5, 0.6) is 0 Å². The van der Waals surface area contributed by atoms with Gasteiger partial charge in [-0.05, 0) is 0 Å². The van der Waals surface area contributed by atoms with Crippen LogP contribution in [0.4, 0.5) is 0 Å². The summed E-state index contributed by atoms with van der Waals surface area (Å²) in [7, 11) is 0. The van der Waals surface area contributed by atoms with E-state index in [4.69, 9.17) is 19.9 Å². The van der Waals surface area contributed by atoms with E-state index in [0.717, 1.165) is 5.56 Å². The Labute approximate surface area is 105 Å². The van der Waals surface area contributed by atoms with Crippen molar-refractivity contribution in [2.45, 2.75) is 30.6 Å². The van der Waals surface area contributed by atoms with Crippen LogP contribution in [0.15, 0.2) is 30.3 Å². The molecule has 0 amide bonds. The first kappa shape index (κ1) is 12.1. The number of rotatable bonds is 1. The van der Waals surface area contributed by atoms with Gasteiger partial charge in [-0.2, -0.15) is 0 Å². The zero-order chi connectivity index (χ0) is 12.5. The molecular weight excluding hydrogens is 234 g/mol. The van der Waals surface area contributed by atoms with Crippen molar-refractivity contribution in [3.63, 3.8) is 0 Å². The SMILES string of the molecule is N[C@H]1CO[C@@H]2COC(c3ccccc3)O[C@H]2[C@@H]1O. The van der Waals surface area contributed by atoms with E-state index >= 15 is 0 Å². The summed E-state index contributed by atoms with van der Waals surface area (Å²) in [6.07, 6.45) is -1.83. The minimum absolute atomic E-state index is 0.236. The van der Waals surface area contributed by atoms with E-state index in [2.05, 4.69) is 0 Å². The van der Waals surface area contributed by atoms with Gasteiger partial charge in [0, 0.05) is 5.56 Å². The third kappa shape index (κ3) is 2.15. The van der Waals surface area contributed by atoms with Crippen LogP contribution in [0, 0.1) is 0 Å². The topological polar surface area (TPSA) is 73.9 Å². The van der Waals surface area contributed by atoms with E-state index in [1.165, 1.54) is 0 Å². The second-order valence-corrected chi connectivity index (χ2v) is 4.70. The predicted molar refractivity (Wildman–Crippen MR) is 63.7 cm³/mol. The number of aliphatic hydroxyl groups is 1. The summed E-state index contributed by atoms with van der Waals surface area (Å²) in [4.78, 5) is 0. The first-order chi connectivity index (χ1) is 8.75. The monoisotopic (exact) mass is 251 g/mol. The standard InChI is InChI=1S/C13H17NO4/c14-9-6-16-10-7-17-13(18-12(10)11(9)15)8-4-2-1-3-5-8/h1-5,9-13,15H,6-7,14H2/t9-,10+,11+,12+,13?/m0/s1. The van der Waals surface area contributed by atoms with E-state index in [1.54, 1.807) is 0 Å². The highest BCUT2D eigenvalue weighted by molar-refractivity contribution is 5.16. The molecule has 3 rings (SSSR count). The van der Waals surface area contributed by atoms with Crippen LogP contribution in [-0.4, -0.2) is 42.7 Å². The molecule has 1 aromatic rings. The normalized spacial score (nSPS) is 40.2. The lowest BCUT2D eigenvalue weighted by Gasteiger charge is -2.43. The quantitative estimate of drug-likeness (QED) is 0.745. The van der Waals surface area contributed by atoms with Crippen LogP contribution >= 0.6 is 0 Å². The van der Waals surface area contributed by atoms with Crippen molar-refractivity contribution < 1.29 is 19.3 Å². The Morgan fingerprint density at radius 1 is 1.11 bits per heavy atom. The average Bonchev–Trinajstić information content (AvgIpc) is 2.44. The lowest BCUT2D eigenvalue weighted by molar-refractivity contribution is -0.301. The minimum atomic E-state index is -0.709. The number of ether oxygens (including phenoxy) is 3. The summed E-state index contributed by atoms with van der Waals surface area (Å²) >= 11 is 0. The number of nitrogens with two attached hydrogens (primary N) is 1. The van der Waals surface area contributed by atoms with Crippen molar-refractivity contribution in [1.82, 2.24) is 0 Å². The Morgan fingerprint density at radius 3 is 2.67 bits per heavy atom. The molecule has 3 N–H and O–H groups in total. The van der Waals surface area contributed by atoms with Crippen LogP contribution in [0.25, 0.3) is 0 Å². The lowest BCUT2D eigenvalue weighted by atomic mass is 9.98. The van der Waals surface area contributed by atoms with Gasteiger partial charge in [-0.3, -0.25) is 0 Å². The minimum Gasteiger partial charge on any atom is -0.389 e. The maximum absolute atomic E-state index is 10.1. The van der Waals surface area contributed by atoms with Crippen molar-refractivity contribution in [3.05, 3.63) is 35.9 Å². The maximum Gasteiger partial charge on any atom is 0.184 e. The number of hydrogen-bond acceptors (Lipinski definition) is 5. The second kappa shape index (κ2) is 4.95. The Balaban J connectivity index is 1.75. The Kier molecular flexibility index (Phi) is 3.32. The fourth-order valence-corrected chi connectivity index (χ4v) is 2.35. The number of benzene rings is 1. The first-order valence-electron chi connectivity index (χ1n) is 6.13. The molecule has 2 aliphatic rings. The number of fused-ring (bicyclic) bond motifs is 1. The van der Waals surface area contributed by atoms with Crippen molar-refractivity contribution in [3.8, 4) is 0 Å². The maximum atomic E-state index is 10.1. The molecule has 5 nitrogen and oxygen atoms in total. The third-order valence-corrected chi connectivity index (χ3v) is 3.41. The molecular formula is C13H17NO4. The zero-order valence-corrected chi connectivity index (χ0v) is 9.94. The number of hydrogen-bond donors (Lipinski definition) is 2. The van der Waals surface area contributed by atoms with Gasteiger partial charge in [0.05, 0.1) is 19.3 Å². The molecule has 2 saturated heterocycles. The highest BCUT2D eigenvalue weighted by atomic mass is 16.7. The van der Waals surface area contributed by atoms with Gasteiger partial charge < -0.3 is 25.1 Å². The van der Waals surface area contributed by atoms with Crippen molar-refractivity contribution >= 4 is 0 Å². The third-order valence-electron chi connectivity index (χ3n) is 3.41. The summed E-state index contributed by atoms with van der Waals surface area (Å²) in [5, 5.41) is 10.1. The van der Waals surface area contributed by atoms with Gasteiger partial charge in [0.25, 0.3) is 0 Å². The molecule has 0 saturated carbocycles. The summed E-state index contributed by atoms with van der Waals surface area (Å²) in [6.45, 7) is 0.749. The van der Waals surface area contributed by atoms with Crippen molar-refractivity contribution in [2.75, 3.05) is 13.2 Å². The van der Waals surface area contributed by atoms with Gasteiger partial charge in [0.2, 0.25) is 0 Å². The van der Waals surface area contributed by atoms with Crippen LogP contribution in [-0.2, 0) is 14.2 Å². The zero-order valence-electron chi connectivity index (χ0n) is 9.94. The van der Waals surface area contributed by atoms with Crippen molar-refractivity contribution in [2.24, 2.45) is 5.73 Å². The molecule has 2 aliphatic heterocycles. The van der Waals surface area contributed by atoms with Gasteiger partial charge in [-0.25, -0.2) is 0 Å². The fraction of sp³-hybridized carbons (Fsp3) is 0.538. The highest BCUT2D eigenvalue weighted by Crippen LogP contribution is 2.31. The van der Waals surface area contributed by atoms with Gasteiger partial charge in [-0.15, -0.1) is 0 Å². The molecule has 1 unspecified atom stereocenters. The Morgan fingerprint density at radius 2 is 1.89 bits per heavy atom. The molecule has 5 heteroatoms. The van der Waals surface area contributed by atoms with Crippen LogP contribution in [0.2, 0.25) is 0 Å². The summed E-state index contributed by atoms with van der Waals surface area (Å²) in [5.74, 6) is 0. The van der Waals surface area contributed by atoms with Crippen LogP contribution < -0.4 is 5.73 Å². The van der Waals surface area contributed by atoms with E-state index in [0.29, 0.717) is 13.2 Å². The van der Waals surface area contributed by atoms with E-state index in [9.17, 15) is 5.11 Å². The second-order valence-electron chi connectivity index (χ2n) is 4.70. The molecule has 1 aromatic carbocycles. The molecule has 2 fully saturated rings. The molecule has 0 radical (unpaired) electrons. The summed E-state index contributed by atoms with van der Waals surface area (Å²) in [5.41, 5.74) is 6.71. The van der Waals surface area contributed by atoms with Gasteiger partial charge >= 0.3 is 0 Å². The number of aliphatic hydroxyl groups excluding tert-OH is 1. The van der Waals surface area contributed by atoms with Crippen LogP contribution in [0.3, 0.4) is 0 Å². The molecule has 0 spiro atoms. The van der Waals surface area contributed by atoms with Gasteiger partial charge in [-0.1, -0.05) is 30.3 Å². The molecule has 5 atom stereocenters. The Bertz CT molecular complexity index is 397. The fourth-order valence-electron chi connectivity index (χ4n) is 2.35. The van der Waals surface area contributed by atoms with Gasteiger partial charge in [0.1, 0.15) is 18.3 Å².